The van der Waals surface area contributed by atoms with Crippen LogP contribution in [-0.4, -0.2) is 6.29 Å². The van der Waals surface area contributed by atoms with Gasteiger partial charge in [-0.1, -0.05) is 25.5 Å². The van der Waals surface area contributed by atoms with Gasteiger partial charge in [-0.3, -0.25) is 0 Å². The molecule has 0 aromatic carbocycles. The Bertz CT molecular complexity index is 154. The molecule has 0 N–H and O–H groups in total. The predicted octanol–water partition coefficient (Wildman–Crippen LogP) is 2.96. The quantitative estimate of drug-likeness (QED) is 0.449. The third kappa shape index (κ3) is 3.97. The maximum Gasteiger partial charge on any atom is 0.126 e. The lowest BCUT2D eigenvalue weighted by molar-refractivity contribution is -0.115. The molecule has 0 saturated heterocycles. The van der Waals surface area contributed by atoms with E-state index in [0.29, 0.717) is 0 Å². The zero-order chi connectivity index (χ0) is 8.91. The van der Waals surface area contributed by atoms with Crippen LogP contribution in [-0.2, 0) is 4.79 Å². The molecule has 1 nitrogen and oxygen atoms in total. The van der Waals surface area contributed by atoms with E-state index in [1.54, 1.807) is 0 Å². The van der Waals surface area contributed by atoms with E-state index in [9.17, 15) is 4.79 Å². The van der Waals surface area contributed by atoms with Gasteiger partial charge in [-0.05, 0) is 26.7 Å². The van der Waals surface area contributed by atoms with Gasteiger partial charge < -0.3 is 4.79 Å². The largest absolute Gasteiger partial charge is 0.303 e. The smallest absolute Gasteiger partial charge is 0.126 e. The summed E-state index contributed by atoms with van der Waals surface area (Å²) in [6.07, 6.45) is 4.97. The monoisotopic (exact) mass is 154 g/mol. The average Bonchev–Trinajstić information content (AvgIpc) is 2.00. The Balaban J connectivity index is 4.09. The van der Waals surface area contributed by atoms with Crippen molar-refractivity contribution in [2.75, 3.05) is 0 Å². The first-order valence-electron chi connectivity index (χ1n) is 4.14. The number of hydrogen-bond donors (Lipinski definition) is 0. The molecule has 0 aromatic rings. The fourth-order valence-corrected chi connectivity index (χ4v) is 0.713. The van der Waals surface area contributed by atoms with Gasteiger partial charge in [0.05, 0.1) is 0 Å². The van der Waals surface area contributed by atoms with Crippen molar-refractivity contribution in [1.82, 2.24) is 0 Å². The second kappa shape index (κ2) is 4.32. The molecule has 0 bridgehead atoms. The third-order valence-corrected chi connectivity index (χ3v) is 2.07. The average molecular weight is 154 g/mol. The Labute approximate surface area is 69.5 Å². The fraction of sp³-hybridized carbons (Fsp3) is 0.700. The molecule has 0 fully saturated rings. The van der Waals surface area contributed by atoms with Crippen LogP contribution in [0.3, 0.4) is 0 Å². The van der Waals surface area contributed by atoms with Gasteiger partial charge >= 0.3 is 0 Å². The first kappa shape index (κ1) is 10.4. The minimum absolute atomic E-state index is 0.142. The molecule has 64 valence electrons. The summed E-state index contributed by atoms with van der Waals surface area (Å²) in [7, 11) is 0. The Morgan fingerprint density at radius 1 is 1.45 bits per heavy atom. The molecule has 0 rings (SSSR count). The maximum absolute atomic E-state index is 10.6. The van der Waals surface area contributed by atoms with E-state index in [2.05, 4.69) is 19.9 Å². The first-order valence-corrected chi connectivity index (χ1v) is 4.14. The van der Waals surface area contributed by atoms with Crippen LogP contribution in [0.1, 0.15) is 40.5 Å². The van der Waals surface area contributed by atoms with Crippen LogP contribution in [0.4, 0.5) is 0 Å². The molecular formula is C10H18O. The first-order chi connectivity index (χ1) is 5.04. The molecule has 0 aliphatic carbocycles. The minimum atomic E-state index is -0.142. The number of aldehydes is 1. The number of carbonyl (C=O) groups excluding carboxylic acids is 1. The van der Waals surface area contributed by atoms with Gasteiger partial charge in [0, 0.05) is 5.41 Å². The van der Waals surface area contributed by atoms with Gasteiger partial charge in [-0.15, -0.1) is 0 Å². The summed E-state index contributed by atoms with van der Waals surface area (Å²) < 4.78 is 0. The van der Waals surface area contributed by atoms with Crippen LogP contribution in [0.5, 0.6) is 0 Å². The van der Waals surface area contributed by atoms with Crippen molar-refractivity contribution >= 4 is 6.29 Å². The summed E-state index contributed by atoms with van der Waals surface area (Å²) in [5, 5.41) is 0. The van der Waals surface area contributed by atoms with Crippen LogP contribution in [0.2, 0.25) is 0 Å². The SMILES string of the molecule is CCC(C)(C=O)CC=C(C)C. The molecule has 0 aliphatic rings. The lowest BCUT2D eigenvalue weighted by Crippen LogP contribution is -2.15. The van der Waals surface area contributed by atoms with Crippen molar-refractivity contribution in [2.24, 2.45) is 5.41 Å². The maximum atomic E-state index is 10.6. The number of carbonyl (C=O) groups is 1. The lowest BCUT2D eigenvalue weighted by Gasteiger charge is -2.18. The highest BCUT2D eigenvalue weighted by molar-refractivity contribution is 5.58. The Morgan fingerprint density at radius 2 is 2.00 bits per heavy atom. The summed E-state index contributed by atoms with van der Waals surface area (Å²) in [6, 6.07) is 0. The van der Waals surface area contributed by atoms with Gasteiger partial charge in [0.1, 0.15) is 6.29 Å². The van der Waals surface area contributed by atoms with E-state index >= 15 is 0 Å². The van der Waals surface area contributed by atoms with E-state index in [-0.39, 0.29) is 5.41 Å². The van der Waals surface area contributed by atoms with Crippen LogP contribution in [0.25, 0.3) is 0 Å². The van der Waals surface area contributed by atoms with Crippen molar-refractivity contribution in [1.29, 1.82) is 0 Å². The topological polar surface area (TPSA) is 17.1 Å². The summed E-state index contributed by atoms with van der Waals surface area (Å²) in [6.45, 7) is 8.16. The molecule has 1 atom stereocenters. The van der Waals surface area contributed by atoms with Gasteiger partial charge in [0.15, 0.2) is 0 Å². The zero-order valence-corrected chi connectivity index (χ0v) is 7.98. The highest BCUT2D eigenvalue weighted by Crippen LogP contribution is 2.23. The summed E-state index contributed by atoms with van der Waals surface area (Å²) in [5.41, 5.74) is 1.14. The number of allylic oxidation sites excluding steroid dienone is 2. The van der Waals surface area contributed by atoms with Gasteiger partial charge in [-0.25, -0.2) is 0 Å². The predicted molar refractivity (Wildman–Crippen MR) is 48.5 cm³/mol. The van der Waals surface area contributed by atoms with E-state index in [1.807, 2.05) is 13.8 Å². The van der Waals surface area contributed by atoms with Gasteiger partial charge in [0.25, 0.3) is 0 Å². The highest BCUT2D eigenvalue weighted by Gasteiger charge is 2.18. The fourth-order valence-electron chi connectivity index (χ4n) is 0.713. The van der Waals surface area contributed by atoms with Crippen molar-refractivity contribution in [3.63, 3.8) is 0 Å². The van der Waals surface area contributed by atoms with Crippen LogP contribution < -0.4 is 0 Å². The zero-order valence-electron chi connectivity index (χ0n) is 7.98. The Kier molecular flexibility index (Phi) is 4.09. The van der Waals surface area contributed by atoms with Gasteiger partial charge in [0.2, 0.25) is 0 Å². The second-order valence-electron chi connectivity index (χ2n) is 3.61. The minimum Gasteiger partial charge on any atom is -0.303 e. The van der Waals surface area contributed by atoms with Crippen molar-refractivity contribution in [3.05, 3.63) is 11.6 Å². The third-order valence-electron chi connectivity index (χ3n) is 2.07. The number of hydrogen-bond acceptors (Lipinski definition) is 1. The molecule has 0 aliphatic heterocycles. The molecular weight excluding hydrogens is 136 g/mol. The van der Waals surface area contributed by atoms with Crippen molar-refractivity contribution in [2.45, 2.75) is 40.5 Å². The molecule has 0 amide bonds. The van der Waals surface area contributed by atoms with Crippen LogP contribution in [0, 0.1) is 5.41 Å². The van der Waals surface area contributed by atoms with Crippen LogP contribution >= 0.6 is 0 Å². The molecule has 0 heterocycles. The molecule has 0 aromatic heterocycles. The molecule has 0 spiro atoms. The van der Waals surface area contributed by atoms with E-state index in [0.717, 1.165) is 19.1 Å². The molecule has 11 heavy (non-hydrogen) atoms. The summed E-state index contributed by atoms with van der Waals surface area (Å²) in [4.78, 5) is 10.6. The van der Waals surface area contributed by atoms with Crippen LogP contribution in [0.15, 0.2) is 11.6 Å². The second-order valence-corrected chi connectivity index (χ2v) is 3.61. The van der Waals surface area contributed by atoms with E-state index in [1.165, 1.54) is 5.57 Å². The summed E-state index contributed by atoms with van der Waals surface area (Å²) >= 11 is 0. The standard InChI is InChI=1S/C10H18O/c1-5-10(4,8-11)7-6-9(2)3/h6,8H,5,7H2,1-4H3. The molecule has 1 heteroatoms. The number of rotatable bonds is 4. The van der Waals surface area contributed by atoms with E-state index < -0.39 is 0 Å². The van der Waals surface area contributed by atoms with Crippen molar-refractivity contribution in [3.8, 4) is 0 Å². The Hall–Kier alpha value is -0.590. The van der Waals surface area contributed by atoms with Crippen molar-refractivity contribution < 1.29 is 4.79 Å². The van der Waals surface area contributed by atoms with Gasteiger partial charge in [-0.2, -0.15) is 0 Å². The normalized spacial score (nSPS) is 15.3. The highest BCUT2D eigenvalue weighted by atomic mass is 16.1. The molecule has 1 unspecified atom stereocenters. The molecule has 0 radical (unpaired) electrons. The lowest BCUT2D eigenvalue weighted by atomic mass is 9.85. The summed E-state index contributed by atoms with van der Waals surface area (Å²) in [5.74, 6) is 0. The molecule has 0 saturated carbocycles. The van der Waals surface area contributed by atoms with E-state index in [4.69, 9.17) is 0 Å². The Morgan fingerprint density at radius 3 is 2.27 bits per heavy atom.